The quantitative estimate of drug-likeness (QED) is 0.379. The van der Waals surface area contributed by atoms with Gasteiger partial charge in [-0.15, -0.1) is 0 Å². The number of aromatic nitrogens is 3. The van der Waals surface area contributed by atoms with Crippen LogP contribution < -0.4 is 21.5 Å². The second-order valence-corrected chi connectivity index (χ2v) is 10.7. The fraction of sp³-hybridized carbons (Fsp3) is 0.333. The number of carbonyl (C=O) groups excluding carboxylic acids is 1. The predicted octanol–water partition coefficient (Wildman–Crippen LogP) is 4.10. The summed E-state index contributed by atoms with van der Waals surface area (Å²) >= 11 is 0. The van der Waals surface area contributed by atoms with Crippen molar-refractivity contribution in [1.82, 2.24) is 19.9 Å². The van der Waals surface area contributed by atoms with Gasteiger partial charge in [0.25, 0.3) is 11.5 Å². The van der Waals surface area contributed by atoms with Gasteiger partial charge in [-0.3, -0.25) is 14.2 Å². The van der Waals surface area contributed by atoms with Crippen LogP contribution in [0.1, 0.15) is 41.6 Å². The number of pyridine rings is 1. The highest BCUT2D eigenvalue weighted by atomic mass is 19.1. The van der Waals surface area contributed by atoms with Gasteiger partial charge in [0.2, 0.25) is 5.95 Å². The second kappa shape index (κ2) is 10.4. The lowest BCUT2D eigenvalue weighted by atomic mass is 9.99. The van der Waals surface area contributed by atoms with Gasteiger partial charge >= 0.3 is 0 Å². The van der Waals surface area contributed by atoms with Crippen molar-refractivity contribution in [3.8, 4) is 16.9 Å². The molecule has 2 aromatic carbocycles. The zero-order chi connectivity index (χ0) is 28.0. The molecule has 0 bridgehead atoms. The van der Waals surface area contributed by atoms with Crippen molar-refractivity contribution in [3.63, 3.8) is 0 Å². The van der Waals surface area contributed by atoms with Crippen molar-refractivity contribution in [2.45, 2.75) is 38.6 Å². The molecule has 10 heteroatoms. The Morgan fingerprint density at radius 3 is 2.45 bits per heavy atom. The van der Waals surface area contributed by atoms with E-state index >= 15 is 0 Å². The van der Waals surface area contributed by atoms with E-state index in [0.29, 0.717) is 53.7 Å². The Labute approximate surface area is 229 Å². The number of nitrogens with zero attached hydrogens (tertiary/aromatic N) is 4. The van der Waals surface area contributed by atoms with Crippen LogP contribution in [0.5, 0.6) is 0 Å². The lowest BCUT2D eigenvalue weighted by Gasteiger charge is -2.30. The van der Waals surface area contributed by atoms with Crippen LogP contribution in [0.15, 0.2) is 53.3 Å². The number of anilines is 1. The molecule has 2 fully saturated rings. The summed E-state index contributed by atoms with van der Waals surface area (Å²) in [6.45, 7) is 3.74. The van der Waals surface area contributed by atoms with E-state index < -0.39 is 22.9 Å². The van der Waals surface area contributed by atoms with Gasteiger partial charge in [0.05, 0.1) is 5.69 Å². The van der Waals surface area contributed by atoms with Crippen molar-refractivity contribution in [2.24, 2.45) is 11.7 Å². The van der Waals surface area contributed by atoms with Crippen LogP contribution in [0.2, 0.25) is 0 Å². The summed E-state index contributed by atoms with van der Waals surface area (Å²) in [5, 5.41) is 3.42. The molecule has 0 atom stereocenters. The first kappa shape index (κ1) is 26.1. The Kier molecular flexibility index (Phi) is 6.79. The van der Waals surface area contributed by atoms with Crippen LogP contribution in [0.25, 0.3) is 28.0 Å². The molecule has 206 valence electrons. The van der Waals surface area contributed by atoms with Crippen LogP contribution in [0, 0.1) is 24.5 Å². The Balaban J connectivity index is 1.57. The molecule has 1 saturated heterocycles. The molecule has 1 amide bonds. The van der Waals surface area contributed by atoms with E-state index in [2.05, 4.69) is 5.32 Å². The van der Waals surface area contributed by atoms with Gasteiger partial charge in [0.15, 0.2) is 5.65 Å². The molecule has 3 heterocycles. The summed E-state index contributed by atoms with van der Waals surface area (Å²) < 4.78 is 31.0. The maximum absolute atomic E-state index is 15.0. The molecule has 40 heavy (non-hydrogen) atoms. The minimum atomic E-state index is -0.884. The second-order valence-electron chi connectivity index (χ2n) is 10.7. The van der Waals surface area contributed by atoms with Crippen molar-refractivity contribution in [3.05, 3.63) is 81.6 Å². The van der Waals surface area contributed by atoms with Crippen LogP contribution >= 0.6 is 0 Å². The molecule has 0 radical (unpaired) electrons. The third-order valence-corrected chi connectivity index (χ3v) is 7.73. The maximum atomic E-state index is 15.0. The molecule has 8 nitrogen and oxygen atoms in total. The van der Waals surface area contributed by atoms with Crippen molar-refractivity contribution >= 4 is 22.9 Å². The first-order valence-corrected chi connectivity index (χ1v) is 13.6. The third kappa shape index (κ3) is 4.95. The van der Waals surface area contributed by atoms with Gasteiger partial charge in [0.1, 0.15) is 17.3 Å². The number of rotatable bonds is 6. The van der Waals surface area contributed by atoms with Crippen molar-refractivity contribution < 1.29 is 13.6 Å². The number of halogens is 2. The number of nitrogens with one attached hydrogen (secondary N) is 1. The molecule has 6 rings (SSSR count). The largest absolute Gasteiger partial charge is 0.352 e. The van der Waals surface area contributed by atoms with Gasteiger partial charge in [-0.1, -0.05) is 12.1 Å². The number of nitrogens with two attached hydrogens (primary N) is 1. The Morgan fingerprint density at radius 1 is 1.02 bits per heavy atom. The minimum absolute atomic E-state index is 0.0648. The van der Waals surface area contributed by atoms with Crippen LogP contribution in [0.3, 0.4) is 0 Å². The van der Waals surface area contributed by atoms with E-state index in [4.69, 9.17) is 15.7 Å². The summed E-state index contributed by atoms with van der Waals surface area (Å²) in [5.41, 5.74) is 7.53. The normalized spacial score (nSPS) is 15.9. The van der Waals surface area contributed by atoms with Crippen molar-refractivity contribution in [1.29, 1.82) is 0 Å². The topological polar surface area (TPSA) is 106 Å². The van der Waals surface area contributed by atoms with Gasteiger partial charge < -0.3 is 16.0 Å². The molecule has 1 saturated carbocycles. The zero-order valence-corrected chi connectivity index (χ0v) is 22.2. The molecule has 2 aliphatic rings. The molecule has 3 N–H and O–H groups in total. The molecule has 1 aliphatic heterocycles. The van der Waals surface area contributed by atoms with Gasteiger partial charge in [0, 0.05) is 48.3 Å². The third-order valence-electron chi connectivity index (χ3n) is 7.73. The number of aryl methyl sites for hydroxylation is 1. The average Bonchev–Trinajstić information content (AvgIpc) is 3.77. The van der Waals surface area contributed by atoms with Gasteiger partial charge in [-0.2, -0.15) is 4.98 Å². The highest BCUT2D eigenvalue weighted by Gasteiger charge is 2.25. The fourth-order valence-corrected chi connectivity index (χ4v) is 5.15. The smallest absolute Gasteiger partial charge is 0.256 e. The lowest BCUT2D eigenvalue weighted by molar-refractivity contribution is 0.0952. The van der Waals surface area contributed by atoms with Crippen LogP contribution in [0.4, 0.5) is 14.7 Å². The summed E-state index contributed by atoms with van der Waals surface area (Å²) in [6, 6.07) is 11.7. The number of benzene rings is 2. The average molecular weight is 545 g/mol. The van der Waals surface area contributed by atoms with Crippen LogP contribution in [-0.4, -0.2) is 46.1 Å². The number of hydrogen-bond acceptors (Lipinski definition) is 6. The molecular formula is C30H30F2N6O2. The molecule has 0 unspecified atom stereocenters. The summed E-state index contributed by atoms with van der Waals surface area (Å²) in [7, 11) is 0. The molecule has 1 aliphatic carbocycles. The summed E-state index contributed by atoms with van der Waals surface area (Å²) in [5.74, 6) is -1.08. The number of hydrogen-bond donors (Lipinski definition) is 2. The monoisotopic (exact) mass is 544 g/mol. The first-order valence-electron chi connectivity index (χ1n) is 13.6. The number of amides is 1. The Hall–Kier alpha value is -4.18. The Morgan fingerprint density at radius 2 is 1.75 bits per heavy atom. The van der Waals surface area contributed by atoms with E-state index in [1.54, 1.807) is 18.2 Å². The maximum Gasteiger partial charge on any atom is 0.256 e. The highest BCUT2D eigenvalue weighted by molar-refractivity contribution is 5.98. The molecule has 4 aromatic rings. The molecule has 2 aromatic heterocycles. The number of piperidine rings is 1. The van der Waals surface area contributed by atoms with Crippen LogP contribution in [-0.2, 0) is 0 Å². The highest BCUT2D eigenvalue weighted by Crippen LogP contribution is 2.33. The SMILES string of the molecule is Cc1ccc(C(=O)NCC2CC2)cc1-c1nc(N2CCC(N)CC2)nc2c1ccc(=O)n2-c1c(F)cccc1F. The van der Waals surface area contributed by atoms with E-state index in [1.165, 1.54) is 12.1 Å². The zero-order valence-electron chi connectivity index (χ0n) is 22.2. The van der Waals surface area contributed by atoms with E-state index in [-0.39, 0.29) is 17.6 Å². The first-order chi connectivity index (χ1) is 19.3. The fourth-order valence-electron chi connectivity index (χ4n) is 5.15. The molecular weight excluding hydrogens is 514 g/mol. The number of fused-ring (bicyclic) bond motifs is 1. The van der Waals surface area contributed by atoms with Crippen molar-refractivity contribution in [2.75, 3.05) is 24.5 Å². The standard InChI is InChI=1S/C30H30F2N6O2/c1-17-5-8-19(29(40)34-16-18-6-7-18)15-22(17)26-21-9-10-25(39)38(27-23(31)3-2-4-24(27)32)28(21)36-30(35-26)37-13-11-20(33)12-14-37/h2-5,8-10,15,18,20H,6-7,11-14,16,33H2,1H3,(H,34,40). The van der Waals surface area contributed by atoms with E-state index in [1.807, 2.05) is 17.9 Å². The van der Waals surface area contributed by atoms with Gasteiger partial charge in [-0.25, -0.2) is 13.8 Å². The summed E-state index contributed by atoms with van der Waals surface area (Å²) in [4.78, 5) is 37.7. The number of para-hydroxylation sites is 1. The Bertz CT molecular complexity index is 1660. The minimum Gasteiger partial charge on any atom is -0.352 e. The number of carbonyl (C=O) groups is 1. The van der Waals surface area contributed by atoms with Gasteiger partial charge in [-0.05, 0) is 74.4 Å². The predicted molar refractivity (Wildman–Crippen MR) is 150 cm³/mol. The molecule has 0 spiro atoms. The lowest BCUT2D eigenvalue weighted by Crippen LogP contribution is -2.40. The van der Waals surface area contributed by atoms with E-state index in [9.17, 15) is 18.4 Å². The van der Waals surface area contributed by atoms with E-state index in [0.717, 1.165) is 47.9 Å². The summed E-state index contributed by atoms with van der Waals surface area (Å²) in [6.07, 6.45) is 3.72.